The van der Waals surface area contributed by atoms with Gasteiger partial charge in [0.25, 0.3) is 0 Å². The van der Waals surface area contributed by atoms with E-state index >= 15 is 0 Å². The van der Waals surface area contributed by atoms with Crippen LogP contribution in [0.15, 0.2) is 42.5 Å². The van der Waals surface area contributed by atoms with Crippen LogP contribution in [0.2, 0.25) is 0 Å². The molecule has 0 amide bonds. The van der Waals surface area contributed by atoms with Crippen molar-refractivity contribution < 1.29 is 4.74 Å². The van der Waals surface area contributed by atoms with Gasteiger partial charge in [-0.05, 0) is 35.6 Å². The Kier molecular flexibility index (Phi) is 5.37. The van der Waals surface area contributed by atoms with Crippen LogP contribution >= 0.6 is 0 Å². The van der Waals surface area contributed by atoms with Crippen molar-refractivity contribution in [2.24, 2.45) is 5.73 Å². The monoisotopic (exact) mass is 257 g/mol. The summed E-state index contributed by atoms with van der Waals surface area (Å²) in [6.45, 7) is 3.72. The fourth-order valence-corrected chi connectivity index (χ4v) is 2.34. The first-order valence-electron chi connectivity index (χ1n) is 7.11. The fourth-order valence-electron chi connectivity index (χ4n) is 2.34. The topological polar surface area (TPSA) is 35.2 Å². The molecule has 2 aromatic carbocycles. The second kappa shape index (κ2) is 7.27. The van der Waals surface area contributed by atoms with Crippen LogP contribution in [0.3, 0.4) is 0 Å². The lowest BCUT2D eigenvalue weighted by molar-refractivity contribution is 0.127. The standard InChI is InChI=1S/C17H23NO/c1-2-11-19-12-10-16(18)13-15-8-5-7-14-6-3-4-9-17(14)15/h3-9,16H,2,10-13,18H2,1H3. The van der Waals surface area contributed by atoms with E-state index in [4.69, 9.17) is 10.5 Å². The summed E-state index contributed by atoms with van der Waals surface area (Å²) in [6, 6.07) is 15.1. The molecule has 2 N–H and O–H groups in total. The zero-order valence-corrected chi connectivity index (χ0v) is 11.6. The lowest BCUT2D eigenvalue weighted by atomic mass is 9.98. The van der Waals surface area contributed by atoms with E-state index in [9.17, 15) is 0 Å². The highest BCUT2D eigenvalue weighted by molar-refractivity contribution is 5.85. The minimum Gasteiger partial charge on any atom is -0.381 e. The van der Waals surface area contributed by atoms with Gasteiger partial charge in [0.15, 0.2) is 0 Å². The molecule has 19 heavy (non-hydrogen) atoms. The Morgan fingerprint density at radius 3 is 2.68 bits per heavy atom. The van der Waals surface area contributed by atoms with Crippen molar-refractivity contribution in [2.75, 3.05) is 13.2 Å². The van der Waals surface area contributed by atoms with Crippen LogP contribution in [0.5, 0.6) is 0 Å². The first-order valence-corrected chi connectivity index (χ1v) is 7.11. The molecule has 0 saturated carbocycles. The Balaban J connectivity index is 1.97. The molecule has 102 valence electrons. The van der Waals surface area contributed by atoms with Gasteiger partial charge < -0.3 is 10.5 Å². The zero-order chi connectivity index (χ0) is 13.5. The van der Waals surface area contributed by atoms with E-state index < -0.39 is 0 Å². The van der Waals surface area contributed by atoms with E-state index in [0.29, 0.717) is 0 Å². The fraction of sp³-hybridized carbons (Fsp3) is 0.412. The van der Waals surface area contributed by atoms with Gasteiger partial charge in [-0.1, -0.05) is 49.4 Å². The molecule has 0 aliphatic rings. The lowest BCUT2D eigenvalue weighted by Crippen LogP contribution is -2.24. The average Bonchev–Trinajstić information content (AvgIpc) is 2.44. The van der Waals surface area contributed by atoms with E-state index in [1.165, 1.54) is 16.3 Å². The Hall–Kier alpha value is -1.38. The molecule has 0 bridgehead atoms. The molecule has 0 aliphatic carbocycles. The molecule has 1 unspecified atom stereocenters. The van der Waals surface area contributed by atoms with Crippen molar-refractivity contribution in [2.45, 2.75) is 32.2 Å². The molecule has 2 rings (SSSR count). The quantitative estimate of drug-likeness (QED) is 0.770. The normalized spacial score (nSPS) is 12.7. The predicted molar refractivity (Wildman–Crippen MR) is 81.4 cm³/mol. The molecule has 2 nitrogen and oxygen atoms in total. The van der Waals surface area contributed by atoms with Crippen LogP contribution < -0.4 is 5.73 Å². The van der Waals surface area contributed by atoms with Gasteiger partial charge >= 0.3 is 0 Å². The molecular weight excluding hydrogens is 234 g/mol. The molecule has 1 atom stereocenters. The number of hydrogen-bond acceptors (Lipinski definition) is 2. The molecule has 0 saturated heterocycles. The number of ether oxygens (including phenoxy) is 1. The third kappa shape index (κ3) is 4.05. The lowest BCUT2D eigenvalue weighted by Gasteiger charge is -2.13. The molecule has 0 aliphatic heterocycles. The molecule has 0 heterocycles. The highest BCUT2D eigenvalue weighted by atomic mass is 16.5. The SMILES string of the molecule is CCCOCCC(N)Cc1cccc2ccccc12. The maximum Gasteiger partial charge on any atom is 0.0480 e. The highest BCUT2D eigenvalue weighted by Gasteiger charge is 2.07. The van der Waals surface area contributed by atoms with Gasteiger partial charge in [-0.2, -0.15) is 0 Å². The largest absolute Gasteiger partial charge is 0.381 e. The Morgan fingerprint density at radius 1 is 1.05 bits per heavy atom. The van der Waals surface area contributed by atoms with Gasteiger partial charge in [-0.3, -0.25) is 0 Å². The Bertz CT molecular complexity index is 504. The first kappa shape index (κ1) is 14.0. The van der Waals surface area contributed by atoms with Gasteiger partial charge in [0, 0.05) is 19.3 Å². The van der Waals surface area contributed by atoms with Crippen LogP contribution in [0.4, 0.5) is 0 Å². The van der Waals surface area contributed by atoms with Crippen LogP contribution in [-0.4, -0.2) is 19.3 Å². The summed E-state index contributed by atoms with van der Waals surface area (Å²) >= 11 is 0. The van der Waals surface area contributed by atoms with Crippen molar-refractivity contribution in [3.05, 3.63) is 48.0 Å². The highest BCUT2D eigenvalue weighted by Crippen LogP contribution is 2.19. The van der Waals surface area contributed by atoms with E-state index in [1.807, 2.05) is 0 Å². The van der Waals surface area contributed by atoms with Gasteiger partial charge in [-0.25, -0.2) is 0 Å². The van der Waals surface area contributed by atoms with Gasteiger partial charge in [0.1, 0.15) is 0 Å². The van der Waals surface area contributed by atoms with Crippen LogP contribution in [0.1, 0.15) is 25.3 Å². The first-order chi connectivity index (χ1) is 9.31. The van der Waals surface area contributed by atoms with Crippen LogP contribution in [0, 0.1) is 0 Å². The molecule has 0 radical (unpaired) electrons. The summed E-state index contributed by atoms with van der Waals surface area (Å²) in [5, 5.41) is 2.60. The minimum atomic E-state index is 0.169. The van der Waals surface area contributed by atoms with Crippen molar-refractivity contribution >= 4 is 10.8 Å². The number of benzene rings is 2. The number of nitrogens with two attached hydrogens (primary N) is 1. The number of fused-ring (bicyclic) bond motifs is 1. The van der Waals surface area contributed by atoms with E-state index in [2.05, 4.69) is 49.4 Å². The summed E-state index contributed by atoms with van der Waals surface area (Å²) in [6.07, 6.45) is 2.90. The maximum atomic E-state index is 6.20. The number of hydrogen-bond donors (Lipinski definition) is 1. The van der Waals surface area contributed by atoms with Crippen LogP contribution in [0.25, 0.3) is 10.8 Å². The smallest absolute Gasteiger partial charge is 0.0480 e. The Morgan fingerprint density at radius 2 is 1.84 bits per heavy atom. The van der Waals surface area contributed by atoms with E-state index in [1.54, 1.807) is 0 Å². The van der Waals surface area contributed by atoms with Crippen molar-refractivity contribution in [1.82, 2.24) is 0 Å². The summed E-state index contributed by atoms with van der Waals surface area (Å²) < 4.78 is 5.50. The molecule has 2 heteroatoms. The van der Waals surface area contributed by atoms with E-state index in [-0.39, 0.29) is 6.04 Å². The van der Waals surface area contributed by atoms with Gasteiger partial charge in [0.05, 0.1) is 0 Å². The zero-order valence-electron chi connectivity index (χ0n) is 11.6. The molecular formula is C17H23NO. The van der Waals surface area contributed by atoms with Crippen LogP contribution in [-0.2, 0) is 11.2 Å². The number of rotatable bonds is 7. The molecule has 0 spiro atoms. The summed E-state index contributed by atoms with van der Waals surface area (Å²) in [5.41, 5.74) is 7.53. The summed E-state index contributed by atoms with van der Waals surface area (Å²) in [7, 11) is 0. The second-order valence-corrected chi connectivity index (χ2v) is 5.00. The van der Waals surface area contributed by atoms with Crippen molar-refractivity contribution in [3.63, 3.8) is 0 Å². The Labute approximate surface area is 115 Å². The maximum absolute atomic E-state index is 6.20. The minimum absolute atomic E-state index is 0.169. The van der Waals surface area contributed by atoms with Gasteiger partial charge in [-0.15, -0.1) is 0 Å². The summed E-state index contributed by atoms with van der Waals surface area (Å²) in [5.74, 6) is 0. The third-order valence-corrected chi connectivity index (χ3v) is 3.34. The molecule has 0 aromatic heterocycles. The molecule has 0 fully saturated rings. The van der Waals surface area contributed by atoms with Gasteiger partial charge in [0.2, 0.25) is 0 Å². The van der Waals surface area contributed by atoms with Crippen molar-refractivity contribution in [3.8, 4) is 0 Å². The average molecular weight is 257 g/mol. The summed E-state index contributed by atoms with van der Waals surface area (Å²) in [4.78, 5) is 0. The second-order valence-electron chi connectivity index (χ2n) is 5.00. The van der Waals surface area contributed by atoms with E-state index in [0.717, 1.165) is 32.5 Å². The van der Waals surface area contributed by atoms with Crippen molar-refractivity contribution in [1.29, 1.82) is 0 Å². The third-order valence-electron chi connectivity index (χ3n) is 3.34. The predicted octanol–water partition coefficient (Wildman–Crippen LogP) is 3.53. The molecule has 2 aromatic rings.